The largest absolute Gasteiger partial charge is 0.455 e. The summed E-state index contributed by atoms with van der Waals surface area (Å²) < 4.78 is 7.52. The predicted octanol–water partition coefficient (Wildman–Crippen LogP) is 4.87. The first kappa shape index (κ1) is 10.2. The van der Waals surface area contributed by atoms with Crippen molar-refractivity contribution < 1.29 is 4.74 Å². The summed E-state index contributed by atoms with van der Waals surface area (Å²) >= 11 is 8.21. The molecule has 1 nitrogen and oxygen atoms in total. The van der Waals surface area contributed by atoms with E-state index >= 15 is 0 Å². The third-order valence-electron chi connectivity index (χ3n) is 1.57. The van der Waals surface area contributed by atoms with Crippen molar-refractivity contribution in [3.63, 3.8) is 0 Å². The summed E-state index contributed by atoms with van der Waals surface area (Å²) in [4.78, 5) is 0. The Kier molecular flexibility index (Phi) is 3.26. The van der Waals surface area contributed by atoms with Crippen LogP contribution in [0.4, 0.5) is 0 Å². The van der Waals surface area contributed by atoms with E-state index in [1.54, 1.807) is 0 Å². The fourth-order valence-electron chi connectivity index (χ4n) is 0.935. The highest BCUT2D eigenvalue weighted by molar-refractivity contribution is 9.10. The summed E-state index contributed by atoms with van der Waals surface area (Å²) in [6.07, 6.45) is 0. The van der Waals surface area contributed by atoms with Crippen molar-refractivity contribution in [1.82, 2.24) is 0 Å². The number of thiophene rings is 1. The van der Waals surface area contributed by atoms with Crippen LogP contribution in [0, 0.1) is 5.38 Å². The standard InChI is InChI=1S/C10H5Br2OS/c11-7-1-3-8(4-2-7)13-10-6-14-5-9(10)12/h1-4,6H. The minimum Gasteiger partial charge on any atom is -0.455 e. The highest BCUT2D eigenvalue weighted by Crippen LogP contribution is 2.32. The second-order valence-electron chi connectivity index (χ2n) is 2.57. The van der Waals surface area contributed by atoms with E-state index in [1.165, 1.54) is 11.3 Å². The molecule has 0 bridgehead atoms. The van der Waals surface area contributed by atoms with Crippen LogP contribution in [0.25, 0.3) is 0 Å². The minimum atomic E-state index is 0.803. The molecule has 0 amide bonds. The molecule has 2 rings (SSSR count). The van der Waals surface area contributed by atoms with Crippen LogP contribution in [0.3, 0.4) is 0 Å². The van der Waals surface area contributed by atoms with Gasteiger partial charge < -0.3 is 4.74 Å². The van der Waals surface area contributed by atoms with Crippen LogP contribution >= 0.6 is 43.2 Å². The van der Waals surface area contributed by atoms with Crippen molar-refractivity contribution in [3.8, 4) is 11.5 Å². The van der Waals surface area contributed by atoms with Crippen LogP contribution < -0.4 is 4.74 Å². The van der Waals surface area contributed by atoms with Gasteiger partial charge in [-0.2, -0.15) is 0 Å². The Balaban J connectivity index is 2.19. The molecule has 71 valence electrons. The number of hydrogen-bond donors (Lipinski definition) is 0. The molecule has 0 aliphatic heterocycles. The van der Waals surface area contributed by atoms with Gasteiger partial charge in [0.2, 0.25) is 0 Å². The van der Waals surface area contributed by atoms with Crippen molar-refractivity contribution >= 4 is 43.2 Å². The van der Waals surface area contributed by atoms with Gasteiger partial charge in [-0.05, 0) is 40.2 Å². The monoisotopic (exact) mass is 331 g/mol. The number of halogens is 2. The Labute approximate surface area is 103 Å². The number of benzene rings is 1. The smallest absolute Gasteiger partial charge is 0.152 e. The third-order valence-corrected chi connectivity index (χ3v) is 3.61. The number of ether oxygens (including phenoxy) is 1. The molecule has 0 fully saturated rings. The Morgan fingerprint density at radius 1 is 1.14 bits per heavy atom. The van der Waals surface area contributed by atoms with Gasteiger partial charge in [-0.15, -0.1) is 11.3 Å². The molecule has 0 atom stereocenters. The van der Waals surface area contributed by atoms with Gasteiger partial charge in [0, 0.05) is 9.85 Å². The van der Waals surface area contributed by atoms with E-state index in [0.29, 0.717) is 0 Å². The van der Waals surface area contributed by atoms with E-state index in [2.05, 4.69) is 37.2 Å². The lowest BCUT2D eigenvalue weighted by molar-refractivity contribution is 0.482. The minimum absolute atomic E-state index is 0.803. The van der Waals surface area contributed by atoms with E-state index in [0.717, 1.165) is 20.4 Å². The molecule has 2 aromatic rings. The van der Waals surface area contributed by atoms with Gasteiger partial charge >= 0.3 is 0 Å². The predicted molar refractivity (Wildman–Crippen MR) is 65.1 cm³/mol. The van der Waals surface area contributed by atoms with Crippen molar-refractivity contribution in [2.45, 2.75) is 0 Å². The SMILES string of the molecule is Brc1ccc(Oc2cs[c]c2Br)cc1. The normalized spacial score (nSPS) is 10.1. The molecule has 1 heterocycles. The van der Waals surface area contributed by atoms with Crippen molar-refractivity contribution in [2.24, 2.45) is 0 Å². The van der Waals surface area contributed by atoms with Gasteiger partial charge in [-0.25, -0.2) is 0 Å². The number of hydrogen-bond acceptors (Lipinski definition) is 2. The maximum Gasteiger partial charge on any atom is 0.152 e. The van der Waals surface area contributed by atoms with E-state index < -0.39 is 0 Å². The molecule has 1 aromatic carbocycles. The molecule has 0 spiro atoms. The van der Waals surface area contributed by atoms with Crippen molar-refractivity contribution in [3.05, 3.63) is 44.0 Å². The first-order valence-corrected chi connectivity index (χ1v) is 6.30. The molecule has 14 heavy (non-hydrogen) atoms. The zero-order valence-electron chi connectivity index (χ0n) is 6.96. The van der Waals surface area contributed by atoms with Gasteiger partial charge in [0.05, 0.1) is 9.85 Å². The summed E-state index contributed by atoms with van der Waals surface area (Å²) in [5.41, 5.74) is 0. The summed E-state index contributed by atoms with van der Waals surface area (Å²) in [6, 6.07) is 7.71. The lowest BCUT2D eigenvalue weighted by Crippen LogP contribution is -1.81. The summed E-state index contributed by atoms with van der Waals surface area (Å²) in [5.74, 6) is 1.62. The van der Waals surface area contributed by atoms with Gasteiger partial charge in [0.1, 0.15) is 5.75 Å². The van der Waals surface area contributed by atoms with Crippen LogP contribution in [-0.2, 0) is 0 Å². The Bertz CT molecular complexity index is 422. The van der Waals surface area contributed by atoms with Crippen molar-refractivity contribution in [1.29, 1.82) is 0 Å². The van der Waals surface area contributed by atoms with Gasteiger partial charge in [-0.1, -0.05) is 15.9 Å². The van der Waals surface area contributed by atoms with Gasteiger partial charge in [0.25, 0.3) is 0 Å². The molecule has 1 aromatic heterocycles. The molecule has 1 radical (unpaired) electrons. The topological polar surface area (TPSA) is 9.23 Å². The van der Waals surface area contributed by atoms with E-state index in [4.69, 9.17) is 4.74 Å². The Morgan fingerprint density at radius 2 is 1.86 bits per heavy atom. The van der Waals surface area contributed by atoms with E-state index in [1.807, 2.05) is 29.6 Å². The third kappa shape index (κ3) is 2.38. The summed E-state index contributed by atoms with van der Waals surface area (Å²) in [6.45, 7) is 0. The number of rotatable bonds is 2. The average Bonchev–Trinajstić information content (AvgIpc) is 2.56. The lowest BCUT2D eigenvalue weighted by atomic mass is 10.3. The molecule has 0 saturated heterocycles. The zero-order valence-corrected chi connectivity index (χ0v) is 10.9. The van der Waals surface area contributed by atoms with E-state index in [-0.39, 0.29) is 0 Å². The fourth-order valence-corrected chi connectivity index (χ4v) is 2.36. The average molecular weight is 333 g/mol. The molecule has 0 unspecified atom stereocenters. The highest BCUT2D eigenvalue weighted by Gasteiger charge is 2.03. The highest BCUT2D eigenvalue weighted by atomic mass is 79.9. The lowest BCUT2D eigenvalue weighted by Gasteiger charge is -2.03. The van der Waals surface area contributed by atoms with Crippen LogP contribution in [0.15, 0.2) is 38.6 Å². The van der Waals surface area contributed by atoms with Gasteiger partial charge in [0.15, 0.2) is 5.75 Å². The Hall–Kier alpha value is -0.320. The quantitative estimate of drug-likeness (QED) is 0.762. The molecule has 4 heteroatoms. The molecular weight excluding hydrogens is 328 g/mol. The van der Waals surface area contributed by atoms with Gasteiger partial charge in [-0.3, -0.25) is 0 Å². The van der Waals surface area contributed by atoms with Crippen molar-refractivity contribution in [2.75, 3.05) is 0 Å². The Morgan fingerprint density at radius 3 is 2.43 bits per heavy atom. The van der Waals surface area contributed by atoms with Crippen LogP contribution in [0.1, 0.15) is 0 Å². The van der Waals surface area contributed by atoms with Crippen LogP contribution in [0.5, 0.6) is 11.5 Å². The molecule has 0 N–H and O–H groups in total. The summed E-state index contributed by atoms with van der Waals surface area (Å²) in [5, 5.41) is 4.93. The summed E-state index contributed by atoms with van der Waals surface area (Å²) in [7, 11) is 0. The first-order chi connectivity index (χ1) is 6.75. The maximum absolute atomic E-state index is 5.62. The second kappa shape index (κ2) is 4.47. The van der Waals surface area contributed by atoms with Crippen LogP contribution in [0.2, 0.25) is 0 Å². The molecule has 0 aliphatic rings. The zero-order chi connectivity index (χ0) is 9.97. The molecule has 0 saturated carbocycles. The molecule has 0 aliphatic carbocycles. The first-order valence-electron chi connectivity index (χ1n) is 3.84. The maximum atomic E-state index is 5.62. The fraction of sp³-hybridized carbons (Fsp3) is 0. The van der Waals surface area contributed by atoms with Crippen LogP contribution in [-0.4, -0.2) is 0 Å². The van der Waals surface area contributed by atoms with E-state index in [9.17, 15) is 0 Å². The molecular formula is C10H5Br2OS. The second-order valence-corrected chi connectivity index (χ2v) is 4.96.